The van der Waals surface area contributed by atoms with Crippen molar-refractivity contribution in [3.8, 4) is 5.88 Å². The van der Waals surface area contributed by atoms with E-state index in [0.717, 1.165) is 0 Å². The quantitative estimate of drug-likeness (QED) is 0.599. The van der Waals surface area contributed by atoms with E-state index < -0.39 is 17.2 Å². The van der Waals surface area contributed by atoms with Crippen LogP contribution in [0, 0.1) is 5.92 Å². The van der Waals surface area contributed by atoms with Crippen molar-refractivity contribution in [3.05, 3.63) is 62.1 Å². The minimum atomic E-state index is -0.632. The van der Waals surface area contributed by atoms with Crippen LogP contribution in [0.4, 0.5) is 0 Å². The van der Waals surface area contributed by atoms with Crippen LogP contribution in [0.2, 0.25) is 0 Å². The van der Waals surface area contributed by atoms with Crippen LogP contribution in [-0.4, -0.2) is 32.5 Å². The zero-order chi connectivity index (χ0) is 22.7. The summed E-state index contributed by atoms with van der Waals surface area (Å²) in [6.45, 7) is 8.34. The summed E-state index contributed by atoms with van der Waals surface area (Å²) >= 11 is 0. The lowest BCUT2D eigenvalue weighted by molar-refractivity contribution is 0.0952. The SMILES string of the molecule is COc1ncccc1CNC(=O)c1cc(C(C)C)nc2c1c(=O)[nH]c(=O)n2CC(C)C. The Morgan fingerprint density at radius 1 is 1.26 bits per heavy atom. The van der Waals surface area contributed by atoms with Gasteiger partial charge in [0.05, 0.1) is 18.1 Å². The highest BCUT2D eigenvalue weighted by atomic mass is 16.5. The number of methoxy groups -OCH3 is 1. The average molecular weight is 425 g/mol. The third-order valence-corrected chi connectivity index (χ3v) is 4.84. The predicted octanol–water partition coefficient (Wildman–Crippen LogP) is 2.20. The molecule has 3 aromatic heterocycles. The molecule has 9 nitrogen and oxygen atoms in total. The van der Waals surface area contributed by atoms with Gasteiger partial charge in [0.1, 0.15) is 0 Å². The van der Waals surface area contributed by atoms with Crippen LogP contribution in [0.5, 0.6) is 5.88 Å². The Hall–Kier alpha value is -3.49. The van der Waals surface area contributed by atoms with Gasteiger partial charge in [0, 0.05) is 30.5 Å². The molecule has 0 aliphatic carbocycles. The van der Waals surface area contributed by atoms with Gasteiger partial charge in [-0.2, -0.15) is 0 Å². The molecule has 0 atom stereocenters. The molecule has 0 spiro atoms. The number of nitrogens with zero attached hydrogens (tertiary/aromatic N) is 3. The second-order valence-electron chi connectivity index (χ2n) is 8.07. The van der Waals surface area contributed by atoms with E-state index in [1.54, 1.807) is 24.4 Å². The second-order valence-corrected chi connectivity index (χ2v) is 8.07. The number of pyridine rings is 2. The maximum absolute atomic E-state index is 13.1. The molecule has 2 N–H and O–H groups in total. The lowest BCUT2D eigenvalue weighted by Gasteiger charge is -2.16. The Morgan fingerprint density at radius 2 is 2.00 bits per heavy atom. The molecule has 0 aromatic carbocycles. The second kappa shape index (κ2) is 9.11. The zero-order valence-electron chi connectivity index (χ0n) is 18.4. The van der Waals surface area contributed by atoms with Crippen molar-refractivity contribution in [3.63, 3.8) is 0 Å². The topological polar surface area (TPSA) is 119 Å². The molecule has 3 heterocycles. The number of aromatic nitrogens is 4. The van der Waals surface area contributed by atoms with Crippen molar-refractivity contribution in [1.82, 2.24) is 24.8 Å². The van der Waals surface area contributed by atoms with Gasteiger partial charge >= 0.3 is 5.69 Å². The van der Waals surface area contributed by atoms with E-state index in [4.69, 9.17) is 4.74 Å². The van der Waals surface area contributed by atoms with E-state index in [1.807, 2.05) is 27.7 Å². The van der Waals surface area contributed by atoms with Gasteiger partial charge in [0.15, 0.2) is 5.65 Å². The number of H-pyrrole nitrogens is 1. The van der Waals surface area contributed by atoms with E-state index in [-0.39, 0.29) is 35.0 Å². The predicted molar refractivity (Wildman–Crippen MR) is 118 cm³/mol. The van der Waals surface area contributed by atoms with Gasteiger partial charge in [0.25, 0.3) is 11.5 Å². The largest absolute Gasteiger partial charge is 0.481 e. The Labute approximate surface area is 179 Å². The van der Waals surface area contributed by atoms with Crippen LogP contribution in [0.3, 0.4) is 0 Å². The summed E-state index contributed by atoms with van der Waals surface area (Å²) in [6.07, 6.45) is 1.60. The number of amides is 1. The Balaban J connectivity index is 2.13. The molecular weight excluding hydrogens is 398 g/mol. The molecule has 0 aliphatic heterocycles. The highest BCUT2D eigenvalue weighted by Gasteiger charge is 2.21. The summed E-state index contributed by atoms with van der Waals surface area (Å²) in [5, 5.41) is 2.92. The van der Waals surface area contributed by atoms with Crippen LogP contribution in [0.1, 0.15) is 55.2 Å². The first kappa shape index (κ1) is 22.2. The Bertz CT molecular complexity index is 1230. The molecule has 164 valence electrons. The number of fused-ring (bicyclic) bond motifs is 1. The highest BCUT2D eigenvalue weighted by molar-refractivity contribution is 6.05. The molecule has 0 bridgehead atoms. The average Bonchev–Trinajstić information content (AvgIpc) is 2.73. The van der Waals surface area contributed by atoms with Crippen LogP contribution >= 0.6 is 0 Å². The van der Waals surface area contributed by atoms with Crippen LogP contribution in [0.25, 0.3) is 11.0 Å². The minimum absolute atomic E-state index is 0.00347. The lowest BCUT2D eigenvalue weighted by atomic mass is 10.0. The van der Waals surface area contributed by atoms with Gasteiger partial charge in [0.2, 0.25) is 5.88 Å². The fraction of sp³-hybridized carbons (Fsp3) is 0.409. The molecule has 0 saturated carbocycles. The van der Waals surface area contributed by atoms with E-state index in [1.165, 1.54) is 11.7 Å². The Kier molecular flexibility index (Phi) is 6.53. The molecule has 0 fully saturated rings. The minimum Gasteiger partial charge on any atom is -0.481 e. The fourth-order valence-electron chi connectivity index (χ4n) is 3.32. The maximum atomic E-state index is 13.1. The van der Waals surface area contributed by atoms with Crippen molar-refractivity contribution in [2.24, 2.45) is 5.92 Å². The van der Waals surface area contributed by atoms with Gasteiger partial charge in [-0.15, -0.1) is 0 Å². The third kappa shape index (κ3) is 4.65. The first-order valence-electron chi connectivity index (χ1n) is 10.2. The summed E-state index contributed by atoms with van der Waals surface area (Å²) in [5.74, 6) is 0.109. The standard InChI is InChI=1S/C22H27N5O4/c1-12(2)11-27-18-17(20(29)26-22(27)30)15(9-16(25-18)13(3)4)19(28)24-10-14-7-6-8-23-21(14)31-5/h6-9,12-13H,10-11H2,1-5H3,(H,24,28)(H,26,29,30). The summed E-state index contributed by atoms with van der Waals surface area (Å²) in [7, 11) is 1.51. The molecule has 0 unspecified atom stereocenters. The maximum Gasteiger partial charge on any atom is 0.330 e. The molecule has 31 heavy (non-hydrogen) atoms. The number of carbonyl (C=O) groups is 1. The first-order chi connectivity index (χ1) is 14.7. The number of ether oxygens (including phenoxy) is 1. The van der Waals surface area contributed by atoms with Gasteiger partial charge in [-0.3, -0.25) is 19.1 Å². The monoisotopic (exact) mass is 425 g/mol. The van der Waals surface area contributed by atoms with E-state index in [0.29, 0.717) is 23.7 Å². The van der Waals surface area contributed by atoms with Crippen molar-refractivity contribution < 1.29 is 9.53 Å². The molecule has 9 heteroatoms. The summed E-state index contributed by atoms with van der Waals surface area (Å²) in [6, 6.07) is 5.16. The van der Waals surface area contributed by atoms with Gasteiger partial charge in [-0.05, 0) is 24.0 Å². The molecule has 3 aromatic rings. The van der Waals surface area contributed by atoms with Crippen molar-refractivity contribution in [2.75, 3.05) is 7.11 Å². The summed E-state index contributed by atoms with van der Waals surface area (Å²) in [5.41, 5.74) is 0.552. The number of aromatic amines is 1. The molecule has 1 amide bonds. The first-order valence-corrected chi connectivity index (χ1v) is 10.2. The molecule has 3 rings (SSSR count). The molecule has 0 saturated heterocycles. The van der Waals surface area contributed by atoms with E-state index >= 15 is 0 Å². The smallest absolute Gasteiger partial charge is 0.330 e. The molecular formula is C22H27N5O4. The van der Waals surface area contributed by atoms with Crippen molar-refractivity contribution in [1.29, 1.82) is 0 Å². The van der Waals surface area contributed by atoms with Gasteiger partial charge < -0.3 is 10.1 Å². The van der Waals surface area contributed by atoms with Gasteiger partial charge in [-0.1, -0.05) is 33.8 Å². The number of rotatable bonds is 7. The Morgan fingerprint density at radius 3 is 2.65 bits per heavy atom. The summed E-state index contributed by atoms with van der Waals surface area (Å²) in [4.78, 5) is 49.3. The third-order valence-electron chi connectivity index (χ3n) is 4.84. The van der Waals surface area contributed by atoms with Crippen LogP contribution < -0.4 is 21.3 Å². The van der Waals surface area contributed by atoms with Crippen LogP contribution in [-0.2, 0) is 13.1 Å². The normalized spacial score (nSPS) is 11.3. The number of carbonyl (C=O) groups excluding carboxylic acids is 1. The van der Waals surface area contributed by atoms with Gasteiger partial charge in [-0.25, -0.2) is 14.8 Å². The molecule has 0 aliphatic rings. The zero-order valence-corrected chi connectivity index (χ0v) is 18.4. The lowest BCUT2D eigenvalue weighted by Crippen LogP contribution is -2.34. The van der Waals surface area contributed by atoms with E-state index in [2.05, 4.69) is 20.3 Å². The number of nitrogens with one attached hydrogen (secondary N) is 2. The van der Waals surface area contributed by atoms with Crippen molar-refractivity contribution in [2.45, 2.75) is 46.7 Å². The number of hydrogen-bond acceptors (Lipinski definition) is 6. The van der Waals surface area contributed by atoms with Crippen molar-refractivity contribution >= 4 is 16.9 Å². The van der Waals surface area contributed by atoms with Crippen LogP contribution in [0.15, 0.2) is 34.0 Å². The number of hydrogen-bond donors (Lipinski definition) is 2. The highest BCUT2D eigenvalue weighted by Crippen LogP contribution is 2.21. The van der Waals surface area contributed by atoms with E-state index in [9.17, 15) is 14.4 Å². The summed E-state index contributed by atoms with van der Waals surface area (Å²) < 4.78 is 6.65. The molecule has 0 radical (unpaired) electrons. The fourth-order valence-corrected chi connectivity index (χ4v) is 3.32.